The van der Waals surface area contributed by atoms with Crippen LogP contribution in [0.5, 0.6) is 0 Å². The molecule has 0 saturated heterocycles. The van der Waals surface area contributed by atoms with E-state index in [-0.39, 0.29) is 0 Å². The number of fused-ring (bicyclic) bond motifs is 3. The molecule has 2 aliphatic carbocycles. The smallest absolute Gasteiger partial charge is 0.179 e. The Morgan fingerprint density at radius 2 is 2.18 bits per heavy atom. The van der Waals surface area contributed by atoms with Crippen molar-refractivity contribution in [3.05, 3.63) is 24.3 Å². The van der Waals surface area contributed by atoms with Gasteiger partial charge in [-0.1, -0.05) is 11.9 Å². The molecule has 0 aromatic carbocycles. The predicted octanol–water partition coefficient (Wildman–Crippen LogP) is 2.64. The Balaban J connectivity index is 1.45. The summed E-state index contributed by atoms with van der Waals surface area (Å²) in [7, 11) is 0. The van der Waals surface area contributed by atoms with Gasteiger partial charge in [-0.15, -0.1) is 10.2 Å². The molecule has 2 atom stereocenters. The summed E-state index contributed by atoms with van der Waals surface area (Å²) < 4.78 is 5.82. The summed E-state index contributed by atoms with van der Waals surface area (Å²) in [6.07, 6.45) is 10.0. The predicted molar refractivity (Wildman–Crippen MR) is 86.8 cm³/mol. The zero-order chi connectivity index (χ0) is 14.5. The second kappa shape index (κ2) is 4.96. The fourth-order valence-corrected chi connectivity index (χ4v) is 4.33. The quantitative estimate of drug-likeness (QED) is 0.724. The second-order valence-corrected chi connectivity index (χ2v) is 7.50. The van der Waals surface area contributed by atoms with Crippen molar-refractivity contribution in [3.63, 3.8) is 0 Å². The van der Waals surface area contributed by atoms with Crippen molar-refractivity contribution in [1.82, 2.24) is 29.3 Å². The van der Waals surface area contributed by atoms with Gasteiger partial charge in [-0.05, 0) is 38.2 Å². The number of nitrogens with one attached hydrogen (secondary N) is 2. The Bertz CT molecular complexity index is 820. The van der Waals surface area contributed by atoms with E-state index in [0.717, 1.165) is 34.3 Å². The van der Waals surface area contributed by atoms with Crippen LogP contribution in [0, 0.1) is 0 Å². The third kappa shape index (κ3) is 2.11. The maximum atomic E-state index is 4.47. The Labute approximate surface area is 132 Å². The van der Waals surface area contributed by atoms with E-state index < -0.39 is 0 Å². The van der Waals surface area contributed by atoms with Crippen molar-refractivity contribution in [2.45, 2.75) is 49.3 Å². The largest absolute Gasteiger partial charge is 0.345 e. The monoisotopic (exact) mass is 314 g/mol. The van der Waals surface area contributed by atoms with Gasteiger partial charge in [0.1, 0.15) is 5.82 Å². The molecule has 0 bridgehead atoms. The summed E-state index contributed by atoms with van der Waals surface area (Å²) in [5.41, 5.74) is 2.80. The Hall–Kier alpha value is -1.60. The van der Waals surface area contributed by atoms with Crippen LogP contribution >= 0.6 is 11.9 Å². The number of aromatic amines is 1. The van der Waals surface area contributed by atoms with Crippen LogP contribution in [0.15, 0.2) is 18.5 Å². The SMILES string of the molecule is c1cc2c(ncc3nnc(C4CCC(NSC5CC5)C4)n32)[nH]1. The first-order valence-corrected chi connectivity index (χ1v) is 8.85. The summed E-state index contributed by atoms with van der Waals surface area (Å²) in [4.78, 5) is 7.55. The number of aromatic nitrogens is 5. The molecule has 2 N–H and O–H groups in total. The highest BCUT2D eigenvalue weighted by atomic mass is 32.2. The number of nitrogens with zero attached hydrogens (tertiary/aromatic N) is 4. The zero-order valence-corrected chi connectivity index (χ0v) is 13.0. The van der Waals surface area contributed by atoms with E-state index >= 15 is 0 Å². The van der Waals surface area contributed by atoms with Gasteiger partial charge in [0.05, 0.1) is 11.7 Å². The maximum Gasteiger partial charge on any atom is 0.179 e. The number of rotatable bonds is 4. The van der Waals surface area contributed by atoms with Crippen molar-refractivity contribution in [2.24, 2.45) is 0 Å². The molecule has 3 aromatic heterocycles. The van der Waals surface area contributed by atoms with Gasteiger partial charge in [-0.3, -0.25) is 9.12 Å². The molecule has 6 nitrogen and oxygen atoms in total. The fourth-order valence-electron chi connectivity index (χ4n) is 3.36. The van der Waals surface area contributed by atoms with E-state index in [1.807, 2.05) is 18.1 Å². The lowest BCUT2D eigenvalue weighted by Gasteiger charge is -2.11. The molecule has 114 valence electrons. The van der Waals surface area contributed by atoms with Crippen LogP contribution in [-0.2, 0) is 0 Å². The number of hydrogen-bond donors (Lipinski definition) is 2. The number of hydrogen-bond acceptors (Lipinski definition) is 5. The summed E-state index contributed by atoms with van der Waals surface area (Å²) in [6, 6.07) is 2.65. The lowest BCUT2D eigenvalue weighted by Crippen LogP contribution is -2.20. The standard InChI is InChI=1S/C15H18N6S/c1-2-10(20-22-11-3-4-11)7-9(1)15-19-18-13-8-17-14-12(21(13)15)5-6-16-14/h5-6,8-11,16,20H,1-4,7H2. The third-order valence-electron chi connectivity index (χ3n) is 4.69. The van der Waals surface area contributed by atoms with Crippen LogP contribution in [0.3, 0.4) is 0 Å². The van der Waals surface area contributed by atoms with Crippen molar-refractivity contribution < 1.29 is 0 Å². The lowest BCUT2D eigenvalue weighted by molar-refractivity contribution is 0.618. The van der Waals surface area contributed by atoms with Crippen LogP contribution < -0.4 is 4.72 Å². The molecule has 0 aliphatic heterocycles. The van der Waals surface area contributed by atoms with Crippen molar-refractivity contribution in [3.8, 4) is 0 Å². The van der Waals surface area contributed by atoms with Gasteiger partial charge >= 0.3 is 0 Å². The van der Waals surface area contributed by atoms with Gasteiger partial charge in [0.25, 0.3) is 0 Å². The molecule has 2 saturated carbocycles. The van der Waals surface area contributed by atoms with E-state index in [2.05, 4.69) is 35.4 Å². The molecule has 2 fully saturated rings. The molecule has 2 aliphatic rings. The zero-order valence-electron chi connectivity index (χ0n) is 12.2. The van der Waals surface area contributed by atoms with Gasteiger partial charge in [0.2, 0.25) is 0 Å². The summed E-state index contributed by atoms with van der Waals surface area (Å²) in [5.74, 6) is 1.57. The van der Waals surface area contributed by atoms with Gasteiger partial charge < -0.3 is 4.98 Å². The molecule has 7 heteroatoms. The van der Waals surface area contributed by atoms with E-state index in [1.54, 1.807) is 6.20 Å². The van der Waals surface area contributed by atoms with Crippen LogP contribution in [0.4, 0.5) is 0 Å². The molecular formula is C15H18N6S. The minimum absolute atomic E-state index is 0.479. The van der Waals surface area contributed by atoms with Crippen molar-refractivity contribution in [2.75, 3.05) is 0 Å². The van der Waals surface area contributed by atoms with Crippen LogP contribution in [0.1, 0.15) is 43.8 Å². The first kappa shape index (κ1) is 12.9. The molecule has 5 rings (SSSR count). The Kier molecular flexibility index (Phi) is 2.91. The molecule has 0 radical (unpaired) electrons. The highest BCUT2D eigenvalue weighted by Crippen LogP contribution is 2.38. The third-order valence-corrected chi connectivity index (χ3v) is 5.96. The average Bonchev–Trinajstić information content (AvgIpc) is 2.96. The van der Waals surface area contributed by atoms with Crippen LogP contribution in [0.2, 0.25) is 0 Å². The maximum absolute atomic E-state index is 4.47. The van der Waals surface area contributed by atoms with E-state index in [1.165, 1.54) is 25.7 Å². The van der Waals surface area contributed by atoms with Crippen molar-refractivity contribution >= 4 is 28.8 Å². The first-order valence-electron chi connectivity index (χ1n) is 7.97. The summed E-state index contributed by atoms with van der Waals surface area (Å²) in [5, 5.41) is 9.65. The minimum Gasteiger partial charge on any atom is -0.345 e. The second-order valence-electron chi connectivity index (χ2n) is 6.36. The normalized spacial score (nSPS) is 25.5. The highest BCUT2D eigenvalue weighted by Gasteiger charge is 2.31. The van der Waals surface area contributed by atoms with E-state index in [9.17, 15) is 0 Å². The van der Waals surface area contributed by atoms with Gasteiger partial charge in [-0.2, -0.15) is 0 Å². The van der Waals surface area contributed by atoms with Crippen LogP contribution in [-0.4, -0.2) is 35.9 Å². The van der Waals surface area contributed by atoms with Gasteiger partial charge in [0, 0.05) is 23.4 Å². The lowest BCUT2D eigenvalue weighted by atomic mass is 10.1. The fraction of sp³-hybridized carbons (Fsp3) is 0.533. The summed E-state index contributed by atoms with van der Waals surface area (Å²) in [6.45, 7) is 0. The topological polar surface area (TPSA) is 70.9 Å². The summed E-state index contributed by atoms with van der Waals surface area (Å²) >= 11 is 1.94. The van der Waals surface area contributed by atoms with Crippen LogP contribution in [0.25, 0.3) is 16.8 Å². The van der Waals surface area contributed by atoms with E-state index in [0.29, 0.717) is 12.0 Å². The molecule has 22 heavy (non-hydrogen) atoms. The first-order chi connectivity index (χ1) is 10.9. The minimum atomic E-state index is 0.479. The Morgan fingerprint density at radius 3 is 3.09 bits per heavy atom. The molecule has 0 amide bonds. The average molecular weight is 314 g/mol. The van der Waals surface area contributed by atoms with Gasteiger partial charge in [-0.25, -0.2) is 4.98 Å². The Morgan fingerprint density at radius 1 is 1.23 bits per heavy atom. The van der Waals surface area contributed by atoms with Crippen molar-refractivity contribution in [1.29, 1.82) is 0 Å². The molecule has 0 spiro atoms. The highest BCUT2D eigenvalue weighted by molar-refractivity contribution is 7.98. The van der Waals surface area contributed by atoms with E-state index in [4.69, 9.17) is 0 Å². The molecule has 2 unspecified atom stereocenters. The molecule has 3 aromatic rings. The molecule has 3 heterocycles. The number of H-pyrrole nitrogens is 1. The van der Waals surface area contributed by atoms with Gasteiger partial charge in [0.15, 0.2) is 11.3 Å². The molecular weight excluding hydrogens is 296 g/mol.